The van der Waals surface area contributed by atoms with E-state index in [2.05, 4.69) is 45.0 Å². The topological polar surface area (TPSA) is 26.3 Å². The van der Waals surface area contributed by atoms with E-state index in [4.69, 9.17) is 4.74 Å². The molecule has 0 aliphatic rings. The van der Waals surface area contributed by atoms with Crippen molar-refractivity contribution in [1.82, 2.24) is 0 Å². The van der Waals surface area contributed by atoms with Crippen LogP contribution in [0, 0.1) is 6.92 Å². The molecular weight excluding hydrogens is 260 g/mol. The molecule has 1 unspecified atom stereocenters. The van der Waals surface area contributed by atoms with E-state index in [-0.39, 0.29) is 17.3 Å². The lowest BCUT2D eigenvalue weighted by Crippen LogP contribution is -2.33. The van der Waals surface area contributed by atoms with Gasteiger partial charge in [0.25, 0.3) is 0 Å². The molecule has 0 aromatic heterocycles. The van der Waals surface area contributed by atoms with E-state index in [9.17, 15) is 4.79 Å². The summed E-state index contributed by atoms with van der Waals surface area (Å²) in [7, 11) is 1.45. The fourth-order valence-electron chi connectivity index (χ4n) is 2.76. The van der Waals surface area contributed by atoms with Crippen molar-refractivity contribution in [1.29, 1.82) is 0 Å². The van der Waals surface area contributed by atoms with Gasteiger partial charge in [0.05, 0.1) is 13.0 Å². The highest BCUT2D eigenvalue weighted by Gasteiger charge is 2.38. The van der Waals surface area contributed by atoms with Gasteiger partial charge >= 0.3 is 5.97 Å². The van der Waals surface area contributed by atoms with Crippen LogP contribution >= 0.6 is 0 Å². The van der Waals surface area contributed by atoms with Crippen LogP contribution in [0.4, 0.5) is 0 Å². The molecule has 2 nitrogen and oxygen atoms in total. The van der Waals surface area contributed by atoms with Gasteiger partial charge in [-0.1, -0.05) is 74.0 Å². The summed E-state index contributed by atoms with van der Waals surface area (Å²) in [6.45, 7) is 6.24. The number of aryl methyl sites for hydroxylation is 1. The molecule has 0 saturated heterocycles. The molecule has 110 valence electrons. The van der Waals surface area contributed by atoms with Gasteiger partial charge in [-0.15, -0.1) is 0 Å². The number of benzene rings is 2. The van der Waals surface area contributed by atoms with Gasteiger partial charge in [-0.25, -0.2) is 0 Å². The van der Waals surface area contributed by atoms with Crippen molar-refractivity contribution in [2.75, 3.05) is 7.11 Å². The summed E-state index contributed by atoms with van der Waals surface area (Å²) >= 11 is 0. The molecule has 2 aromatic carbocycles. The fraction of sp³-hybridized carbons (Fsp3) is 0.316. The highest BCUT2D eigenvalue weighted by atomic mass is 16.5. The van der Waals surface area contributed by atoms with Crippen molar-refractivity contribution in [2.45, 2.75) is 32.1 Å². The van der Waals surface area contributed by atoms with Crippen molar-refractivity contribution < 1.29 is 9.53 Å². The monoisotopic (exact) mass is 282 g/mol. The van der Waals surface area contributed by atoms with E-state index in [0.717, 1.165) is 11.1 Å². The van der Waals surface area contributed by atoms with Gasteiger partial charge in [-0.05, 0) is 18.1 Å². The van der Waals surface area contributed by atoms with Crippen LogP contribution in [0.5, 0.6) is 0 Å². The number of esters is 1. The second-order valence-electron chi connectivity index (χ2n) is 5.95. The van der Waals surface area contributed by atoms with E-state index >= 15 is 0 Å². The van der Waals surface area contributed by atoms with Crippen molar-refractivity contribution in [3.8, 4) is 0 Å². The Balaban J connectivity index is 2.49. The van der Waals surface area contributed by atoms with Gasteiger partial charge in [-0.3, -0.25) is 4.79 Å². The minimum Gasteiger partial charge on any atom is -0.469 e. The Bertz CT molecular complexity index is 597. The molecule has 2 heteroatoms. The highest BCUT2D eigenvalue weighted by molar-refractivity contribution is 5.80. The Morgan fingerprint density at radius 3 is 2.10 bits per heavy atom. The van der Waals surface area contributed by atoms with Crippen LogP contribution < -0.4 is 0 Å². The highest BCUT2D eigenvalue weighted by Crippen LogP contribution is 2.39. The van der Waals surface area contributed by atoms with Gasteiger partial charge in [-0.2, -0.15) is 0 Å². The van der Waals surface area contributed by atoms with Crippen LogP contribution in [0.25, 0.3) is 0 Å². The fourth-order valence-corrected chi connectivity index (χ4v) is 2.76. The van der Waals surface area contributed by atoms with E-state index < -0.39 is 0 Å². The van der Waals surface area contributed by atoms with Crippen LogP contribution in [0.3, 0.4) is 0 Å². The second kappa shape index (κ2) is 6.13. The molecule has 0 aliphatic carbocycles. The Labute approximate surface area is 126 Å². The third kappa shape index (κ3) is 3.15. The van der Waals surface area contributed by atoms with Crippen LogP contribution in [-0.2, 0) is 14.9 Å². The molecule has 0 fully saturated rings. The SMILES string of the molecule is COC(=O)C(c1ccccc1)C(C)(C)c1ccc(C)cc1. The number of carbonyl (C=O) groups excluding carboxylic acids is 1. The molecule has 0 radical (unpaired) electrons. The number of methoxy groups -OCH3 is 1. The van der Waals surface area contributed by atoms with Crippen LogP contribution in [0.2, 0.25) is 0 Å². The summed E-state index contributed by atoms with van der Waals surface area (Å²) in [4.78, 5) is 12.4. The number of hydrogen-bond acceptors (Lipinski definition) is 2. The molecule has 0 saturated carbocycles. The van der Waals surface area contributed by atoms with Crippen molar-refractivity contribution in [3.05, 3.63) is 71.3 Å². The summed E-state index contributed by atoms with van der Waals surface area (Å²) in [5.41, 5.74) is 2.98. The lowest BCUT2D eigenvalue weighted by molar-refractivity contribution is -0.144. The quantitative estimate of drug-likeness (QED) is 0.784. The number of carbonyl (C=O) groups is 1. The molecule has 0 heterocycles. The standard InChI is InChI=1S/C19H22O2/c1-14-10-12-16(13-11-14)19(2,3)17(18(20)21-4)15-8-6-5-7-9-15/h5-13,17H,1-4H3. The lowest BCUT2D eigenvalue weighted by Gasteiger charge is -2.33. The smallest absolute Gasteiger partial charge is 0.314 e. The first kappa shape index (κ1) is 15.3. The molecule has 2 rings (SSSR count). The van der Waals surface area contributed by atoms with Gasteiger partial charge in [0, 0.05) is 5.41 Å². The Kier molecular flexibility index (Phi) is 4.46. The van der Waals surface area contributed by atoms with Crippen molar-refractivity contribution >= 4 is 5.97 Å². The molecular formula is C19H22O2. The summed E-state index contributed by atoms with van der Waals surface area (Å²) in [6, 6.07) is 18.2. The van der Waals surface area contributed by atoms with Crippen molar-refractivity contribution in [3.63, 3.8) is 0 Å². The number of rotatable bonds is 4. The Hall–Kier alpha value is -2.09. The normalized spacial score (nSPS) is 12.8. The molecule has 1 atom stereocenters. The Morgan fingerprint density at radius 1 is 1.00 bits per heavy atom. The second-order valence-corrected chi connectivity index (χ2v) is 5.95. The summed E-state index contributed by atoms with van der Waals surface area (Å²) < 4.78 is 5.06. The predicted molar refractivity (Wildman–Crippen MR) is 85.4 cm³/mol. The first-order chi connectivity index (χ1) is 9.96. The maximum Gasteiger partial charge on any atom is 0.314 e. The zero-order valence-corrected chi connectivity index (χ0v) is 13.1. The molecule has 21 heavy (non-hydrogen) atoms. The Morgan fingerprint density at radius 2 is 1.57 bits per heavy atom. The van der Waals surface area contributed by atoms with Gasteiger partial charge in [0.15, 0.2) is 0 Å². The summed E-state index contributed by atoms with van der Waals surface area (Å²) in [5.74, 6) is -0.529. The van der Waals surface area contributed by atoms with Crippen LogP contribution in [0.15, 0.2) is 54.6 Å². The lowest BCUT2D eigenvalue weighted by atomic mass is 9.70. The van der Waals surface area contributed by atoms with Gasteiger partial charge in [0.2, 0.25) is 0 Å². The molecule has 2 aromatic rings. The van der Waals surface area contributed by atoms with Crippen LogP contribution in [0.1, 0.15) is 36.5 Å². The van der Waals surface area contributed by atoms with E-state index in [1.807, 2.05) is 30.3 Å². The molecule has 0 bridgehead atoms. The zero-order valence-electron chi connectivity index (χ0n) is 13.1. The van der Waals surface area contributed by atoms with E-state index in [1.54, 1.807) is 0 Å². The average Bonchev–Trinajstić information content (AvgIpc) is 2.48. The summed E-state index contributed by atoms with van der Waals surface area (Å²) in [6.07, 6.45) is 0. The van der Waals surface area contributed by atoms with E-state index in [1.165, 1.54) is 12.7 Å². The third-order valence-electron chi connectivity index (χ3n) is 4.09. The van der Waals surface area contributed by atoms with Gasteiger partial charge < -0.3 is 4.74 Å². The largest absolute Gasteiger partial charge is 0.469 e. The first-order valence-electron chi connectivity index (χ1n) is 7.16. The predicted octanol–water partition coefficient (Wildman–Crippen LogP) is 4.23. The number of hydrogen-bond donors (Lipinski definition) is 0. The third-order valence-corrected chi connectivity index (χ3v) is 4.09. The molecule has 0 N–H and O–H groups in total. The minimum absolute atomic E-state index is 0.202. The zero-order chi connectivity index (χ0) is 15.5. The van der Waals surface area contributed by atoms with Crippen molar-refractivity contribution in [2.24, 2.45) is 0 Å². The maximum absolute atomic E-state index is 12.4. The maximum atomic E-state index is 12.4. The summed E-state index contributed by atoms with van der Waals surface area (Å²) in [5, 5.41) is 0. The van der Waals surface area contributed by atoms with Crippen LogP contribution in [-0.4, -0.2) is 13.1 Å². The van der Waals surface area contributed by atoms with E-state index in [0.29, 0.717) is 0 Å². The number of ether oxygens (including phenoxy) is 1. The molecule has 0 aliphatic heterocycles. The molecule has 0 amide bonds. The molecule has 0 spiro atoms. The minimum atomic E-state index is -0.345. The first-order valence-corrected chi connectivity index (χ1v) is 7.16. The average molecular weight is 282 g/mol. The van der Waals surface area contributed by atoms with Gasteiger partial charge in [0.1, 0.15) is 0 Å².